The number of hydrogen-bond donors (Lipinski definition) is 1. The molecule has 0 saturated heterocycles. The van der Waals surface area contributed by atoms with Crippen molar-refractivity contribution >= 4 is 5.91 Å². The standard InChI is InChI=1S/C21H41NO/c22-21(23)17-15-13-11-9-7-5-3-1-2-4-6-8-10-12-14-16-20-18-19-20/h20H,1-19H2,(H2,22,23). The number of carbonyl (C=O) groups is 1. The van der Waals surface area contributed by atoms with Crippen molar-refractivity contribution in [2.45, 2.75) is 122 Å². The van der Waals surface area contributed by atoms with E-state index in [2.05, 4.69) is 0 Å². The second-order valence-electron chi connectivity index (χ2n) is 7.75. The molecule has 136 valence electrons. The van der Waals surface area contributed by atoms with Crippen LogP contribution < -0.4 is 5.73 Å². The molecule has 2 nitrogen and oxygen atoms in total. The third kappa shape index (κ3) is 16.1. The molecule has 23 heavy (non-hydrogen) atoms. The van der Waals surface area contributed by atoms with Crippen molar-refractivity contribution in [2.75, 3.05) is 0 Å². The molecule has 1 aliphatic carbocycles. The van der Waals surface area contributed by atoms with Gasteiger partial charge in [0.2, 0.25) is 5.91 Å². The third-order valence-corrected chi connectivity index (χ3v) is 5.23. The summed E-state index contributed by atoms with van der Waals surface area (Å²) in [5.41, 5.74) is 5.13. The summed E-state index contributed by atoms with van der Waals surface area (Å²) in [6, 6.07) is 0. The summed E-state index contributed by atoms with van der Waals surface area (Å²) in [5.74, 6) is 0.980. The van der Waals surface area contributed by atoms with Gasteiger partial charge in [0.25, 0.3) is 0 Å². The maximum absolute atomic E-state index is 10.6. The summed E-state index contributed by atoms with van der Waals surface area (Å²) in [7, 11) is 0. The number of nitrogens with two attached hydrogens (primary N) is 1. The van der Waals surface area contributed by atoms with Crippen molar-refractivity contribution in [2.24, 2.45) is 11.7 Å². The predicted octanol–water partition coefficient (Wildman–Crippen LogP) is 6.51. The molecular weight excluding hydrogens is 282 g/mol. The summed E-state index contributed by atoms with van der Waals surface area (Å²) < 4.78 is 0. The van der Waals surface area contributed by atoms with Crippen LogP contribution in [0.15, 0.2) is 0 Å². The fourth-order valence-electron chi connectivity index (χ4n) is 3.44. The Labute approximate surface area is 145 Å². The van der Waals surface area contributed by atoms with Crippen LogP contribution in [0.5, 0.6) is 0 Å². The van der Waals surface area contributed by atoms with Gasteiger partial charge in [-0.1, -0.05) is 109 Å². The average molecular weight is 324 g/mol. The van der Waals surface area contributed by atoms with Gasteiger partial charge in [0.05, 0.1) is 0 Å². The largest absolute Gasteiger partial charge is 0.370 e. The highest BCUT2D eigenvalue weighted by atomic mass is 16.1. The minimum absolute atomic E-state index is 0.150. The third-order valence-electron chi connectivity index (χ3n) is 5.23. The smallest absolute Gasteiger partial charge is 0.217 e. The van der Waals surface area contributed by atoms with Crippen molar-refractivity contribution in [3.8, 4) is 0 Å². The monoisotopic (exact) mass is 323 g/mol. The number of rotatable bonds is 18. The predicted molar refractivity (Wildman–Crippen MR) is 100 cm³/mol. The van der Waals surface area contributed by atoms with E-state index in [1.165, 1.54) is 109 Å². The topological polar surface area (TPSA) is 43.1 Å². The molecule has 0 atom stereocenters. The van der Waals surface area contributed by atoms with E-state index in [0.29, 0.717) is 6.42 Å². The van der Waals surface area contributed by atoms with Crippen LogP contribution in [0.3, 0.4) is 0 Å². The Balaban J connectivity index is 1.61. The van der Waals surface area contributed by atoms with Gasteiger partial charge in [-0.3, -0.25) is 4.79 Å². The zero-order valence-corrected chi connectivity index (χ0v) is 15.5. The van der Waals surface area contributed by atoms with E-state index < -0.39 is 0 Å². The van der Waals surface area contributed by atoms with Crippen LogP contribution >= 0.6 is 0 Å². The summed E-state index contributed by atoms with van der Waals surface area (Å²) in [5, 5.41) is 0. The van der Waals surface area contributed by atoms with Gasteiger partial charge in [-0.15, -0.1) is 0 Å². The quantitative estimate of drug-likeness (QED) is 0.287. The van der Waals surface area contributed by atoms with Gasteiger partial charge in [0.1, 0.15) is 0 Å². The Morgan fingerprint density at radius 2 is 0.957 bits per heavy atom. The van der Waals surface area contributed by atoms with Crippen LogP contribution in [-0.2, 0) is 4.79 Å². The maximum atomic E-state index is 10.6. The fraction of sp³-hybridized carbons (Fsp3) is 0.952. The molecule has 0 unspecified atom stereocenters. The van der Waals surface area contributed by atoms with E-state index in [4.69, 9.17) is 5.73 Å². The first kappa shape index (κ1) is 20.5. The molecule has 1 amide bonds. The Morgan fingerprint density at radius 1 is 0.609 bits per heavy atom. The number of hydrogen-bond acceptors (Lipinski definition) is 1. The highest BCUT2D eigenvalue weighted by Crippen LogP contribution is 2.34. The summed E-state index contributed by atoms with van der Waals surface area (Å²) in [6.07, 6.45) is 25.8. The van der Waals surface area contributed by atoms with Gasteiger partial charge < -0.3 is 5.73 Å². The molecule has 1 rings (SSSR count). The second kappa shape index (κ2) is 15.0. The van der Waals surface area contributed by atoms with Crippen LogP contribution in [0.25, 0.3) is 0 Å². The molecule has 0 aromatic rings. The maximum Gasteiger partial charge on any atom is 0.217 e. The molecule has 0 radical (unpaired) electrons. The Kier molecular flexibility index (Phi) is 13.4. The van der Waals surface area contributed by atoms with Crippen molar-refractivity contribution in [1.82, 2.24) is 0 Å². The molecule has 2 N–H and O–H groups in total. The van der Waals surface area contributed by atoms with Crippen LogP contribution in [0, 0.1) is 5.92 Å². The van der Waals surface area contributed by atoms with Crippen LogP contribution in [0.4, 0.5) is 0 Å². The Hall–Kier alpha value is -0.530. The molecule has 0 aromatic carbocycles. The average Bonchev–Trinajstić information content (AvgIpc) is 3.34. The minimum Gasteiger partial charge on any atom is -0.370 e. The second-order valence-corrected chi connectivity index (χ2v) is 7.75. The molecule has 2 heteroatoms. The normalized spacial score (nSPS) is 14.3. The molecule has 1 fully saturated rings. The van der Waals surface area contributed by atoms with Crippen LogP contribution in [-0.4, -0.2) is 5.91 Å². The molecule has 0 heterocycles. The van der Waals surface area contributed by atoms with Crippen molar-refractivity contribution in [3.63, 3.8) is 0 Å². The fourth-order valence-corrected chi connectivity index (χ4v) is 3.44. The summed E-state index contributed by atoms with van der Waals surface area (Å²) >= 11 is 0. The van der Waals surface area contributed by atoms with E-state index in [0.717, 1.165) is 12.3 Å². The van der Waals surface area contributed by atoms with E-state index in [1.807, 2.05) is 0 Å². The number of amides is 1. The van der Waals surface area contributed by atoms with Gasteiger partial charge in [-0.2, -0.15) is 0 Å². The molecular formula is C21H41NO. The lowest BCUT2D eigenvalue weighted by atomic mass is 10.0. The molecule has 0 aromatic heterocycles. The lowest BCUT2D eigenvalue weighted by molar-refractivity contribution is -0.118. The zero-order valence-electron chi connectivity index (χ0n) is 15.5. The number of unbranched alkanes of at least 4 members (excludes halogenated alkanes) is 14. The Morgan fingerprint density at radius 3 is 1.30 bits per heavy atom. The van der Waals surface area contributed by atoms with Gasteiger partial charge in [0.15, 0.2) is 0 Å². The molecule has 0 spiro atoms. The molecule has 1 aliphatic rings. The van der Waals surface area contributed by atoms with Crippen LogP contribution in [0.1, 0.15) is 122 Å². The SMILES string of the molecule is NC(=O)CCCCCCCCCCCCCCCCCC1CC1. The lowest BCUT2D eigenvalue weighted by Crippen LogP contribution is -2.09. The van der Waals surface area contributed by atoms with E-state index in [9.17, 15) is 4.79 Å². The highest BCUT2D eigenvalue weighted by molar-refractivity contribution is 5.73. The van der Waals surface area contributed by atoms with E-state index >= 15 is 0 Å². The molecule has 0 aliphatic heterocycles. The summed E-state index contributed by atoms with van der Waals surface area (Å²) in [4.78, 5) is 10.6. The highest BCUT2D eigenvalue weighted by Gasteiger charge is 2.19. The zero-order chi connectivity index (χ0) is 16.6. The lowest BCUT2D eigenvalue weighted by Gasteiger charge is -2.03. The van der Waals surface area contributed by atoms with E-state index in [-0.39, 0.29) is 5.91 Å². The first-order valence-corrected chi connectivity index (χ1v) is 10.6. The minimum atomic E-state index is -0.150. The van der Waals surface area contributed by atoms with Crippen molar-refractivity contribution < 1.29 is 4.79 Å². The van der Waals surface area contributed by atoms with Gasteiger partial charge in [-0.25, -0.2) is 0 Å². The summed E-state index contributed by atoms with van der Waals surface area (Å²) in [6.45, 7) is 0. The number of primary amides is 1. The first-order chi connectivity index (χ1) is 11.3. The van der Waals surface area contributed by atoms with Gasteiger partial charge in [-0.05, 0) is 12.3 Å². The van der Waals surface area contributed by atoms with E-state index in [1.54, 1.807) is 0 Å². The van der Waals surface area contributed by atoms with Gasteiger partial charge in [0, 0.05) is 6.42 Å². The van der Waals surface area contributed by atoms with Crippen molar-refractivity contribution in [1.29, 1.82) is 0 Å². The van der Waals surface area contributed by atoms with Gasteiger partial charge >= 0.3 is 0 Å². The van der Waals surface area contributed by atoms with Crippen molar-refractivity contribution in [3.05, 3.63) is 0 Å². The number of carbonyl (C=O) groups excluding carboxylic acids is 1. The first-order valence-electron chi connectivity index (χ1n) is 10.6. The Bertz CT molecular complexity index is 273. The molecule has 1 saturated carbocycles. The van der Waals surface area contributed by atoms with Crippen LogP contribution in [0.2, 0.25) is 0 Å². The molecule has 0 bridgehead atoms.